The molecule has 0 fully saturated rings. The van der Waals surface area contributed by atoms with Gasteiger partial charge in [-0.25, -0.2) is 4.99 Å². The third kappa shape index (κ3) is 7.54. The molecule has 136 valence electrons. The molecule has 0 spiro atoms. The molecule has 1 rings (SSSR count). The molecule has 2 atom stereocenters. The van der Waals surface area contributed by atoms with E-state index in [4.69, 9.17) is 10.2 Å². The van der Waals surface area contributed by atoms with Gasteiger partial charge in [-0.3, -0.25) is 19.2 Å². The van der Waals surface area contributed by atoms with Crippen molar-refractivity contribution < 1.29 is 64.1 Å². The Morgan fingerprint density at radius 3 is 2.00 bits per heavy atom. The van der Waals surface area contributed by atoms with Crippen LogP contribution in [0.25, 0.3) is 0 Å². The van der Waals surface area contributed by atoms with E-state index in [1.807, 2.05) is 13.8 Å². The molecule has 9 nitrogen and oxygen atoms in total. The predicted octanol–water partition coefficient (Wildman–Crippen LogP) is -2.87. The summed E-state index contributed by atoms with van der Waals surface area (Å²) in [7, 11) is 0. The molecule has 1 aliphatic heterocycles. The van der Waals surface area contributed by atoms with Crippen LogP contribution in [-0.4, -0.2) is 40.0 Å². The molecule has 0 aromatic rings. The number of hydrogen-bond donors (Lipinski definition) is 3. The van der Waals surface area contributed by atoms with E-state index in [9.17, 15) is 24.3 Å². The first-order valence-corrected chi connectivity index (χ1v) is 7.66. The van der Waals surface area contributed by atoms with E-state index in [0.29, 0.717) is 6.42 Å². The second-order valence-corrected chi connectivity index (χ2v) is 5.48. The number of carbonyl (C=O) groups excluding carboxylic acids is 2. The molecule has 0 aliphatic carbocycles. The number of amidine groups is 1. The Bertz CT molecular complexity index is 522. The van der Waals surface area contributed by atoms with Gasteiger partial charge < -0.3 is 20.6 Å². The number of nitrogens with one attached hydrogen (secondary N) is 1. The monoisotopic (exact) mass is 366 g/mol. The summed E-state index contributed by atoms with van der Waals surface area (Å²) in [4.78, 5) is 46.3. The molecule has 0 radical (unpaired) electrons. The summed E-state index contributed by atoms with van der Waals surface area (Å²) in [6.45, 7) is 5.62. The topological polar surface area (TPSA) is 156 Å². The van der Waals surface area contributed by atoms with E-state index in [2.05, 4.69) is 10.3 Å². The van der Waals surface area contributed by atoms with Gasteiger partial charge in [-0.1, -0.05) is 27.2 Å². The fraction of sp³-hybridized carbons (Fsp3) is 0.667. The Kier molecular flexibility index (Phi) is 12.4. The minimum atomic E-state index is -1.15. The molecule has 0 saturated heterocycles. The first-order chi connectivity index (χ1) is 11.1. The fourth-order valence-corrected chi connectivity index (χ4v) is 2.51. The number of carboxylic acid groups (broad SMARTS) is 2. The maximum Gasteiger partial charge on any atom is 1.00 e. The van der Waals surface area contributed by atoms with Gasteiger partial charge >= 0.3 is 41.5 Å². The molecule has 3 N–H and O–H groups in total. The van der Waals surface area contributed by atoms with Gasteiger partial charge in [-0.05, 0) is 18.8 Å². The zero-order valence-corrected chi connectivity index (χ0v) is 17.0. The fourth-order valence-electron chi connectivity index (χ4n) is 2.51. The van der Waals surface area contributed by atoms with Crippen LogP contribution in [0.4, 0.5) is 0 Å². The van der Waals surface area contributed by atoms with Crippen LogP contribution >= 0.6 is 0 Å². The Balaban J connectivity index is 0. The SMILES string of the molecule is CCCC(C)C1(CC)C(=O)N=C([O-])NC1=O.O=C(O)CCC(=O)O.[Na+]. The summed E-state index contributed by atoms with van der Waals surface area (Å²) in [6, 6.07) is -0.845. The molecule has 10 heteroatoms. The van der Waals surface area contributed by atoms with Crippen LogP contribution < -0.4 is 40.0 Å². The number of rotatable bonds is 7. The van der Waals surface area contributed by atoms with Gasteiger partial charge in [-0.2, -0.15) is 0 Å². The molecule has 0 aromatic heterocycles. The number of carbonyl (C=O) groups is 4. The van der Waals surface area contributed by atoms with Gasteiger partial charge in [0, 0.05) is 0 Å². The van der Waals surface area contributed by atoms with Gasteiger partial charge in [0.1, 0.15) is 5.41 Å². The van der Waals surface area contributed by atoms with Crippen molar-refractivity contribution in [1.29, 1.82) is 0 Å². The van der Waals surface area contributed by atoms with E-state index in [0.717, 1.165) is 12.8 Å². The largest absolute Gasteiger partial charge is 1.00 e. The van der Waals surface area contributed by atoms with Gasteiger partial charge in [0.2, 0.25) is 5.91 Å². The number of aliphatic carboxylic acids is 2. The Morgan fingerprint density at radius 1 is 1.20 bits per heavy atom. The molecule has 0 bridgehead atoms. The van der Waals surface area contributed by atoms with Crippen LogP contribution in [0.2, 0.25) is 0 Å². The van der Waals surface area contributed by atoms with Gasteiger partial charge in [0.05, 0.1) is 18.9 Å². The first kappa shape index (κ1) is 25.8. The summed E-state index contributed by atoms with van der Waals surface area (Å²) >= 11 is 0. The smallest absolute Gasteiger partial charge is 0.846 e. The standard InChI is InChI=1S/C11H18N2O3.C4H6O4.Na/c1-4-6-7(3)11(5-2)8(14)12-10(16)13-9(11)15;5-3(6)1-2-4(7)8;/h7H,4-6H2,1-3H3,(H2,12,13,14,15,16);1-2H2,(H,5,6)(H,7,8);/q;;+1/p-1. The Hall–Kier alpha value is -1.45. The molecular formula is C15H23N2NaO7. The van der Waals surface area contributed by atoms with Crippen molar-refractivity contribution in [3.05, 3.63) is 0 Å². The normalized spacial score (nSPS) is 20.2. The number of nitrogens with zero attached hydrogens (tertiary/aromatic N) is 1. The summed E-state index contributed by atoms with van der Waals surface area (Å²) in [5.74, 6) is -3.35. The third-order valence-corrected chi connectivity index (χ3v) is 3.88. The molecule has 25 heavy (non-hydrogen) atoms. The van der Waals surface area contributed by atoms with E-state index in [-0.39, 0.29) is 48.3 Å². The van der Waals surface area contributed by atoms with Crippen LogP contribution in [0.5, 0.6) is 0 Å². The average molecular weight is 366 g/mol. The van der Waals surface area contributed by atoms with Crippen molar-refractivity contribution in [3.8, 4) is 0 Å². The second-order valence-electron chi connectivity index (χ2n) is 5.48. The van der Waals surface area contributed by atoms with Crippen molar-refractivity contribution >= 4 is 29.8 Å². The van der Waals surface area contributed by atoms with Gasteiger partial charge in [0.25, 0.3) is 5.91 Å². The van der Waals surface area contributed by atoms with Crippen LogP contribution in [0, 0.1) is 11.3 Å². The van der Waals surface area contributed by atoms with Crippen LogP contribution in [-0.2, 0) is 19.2 Å². The van der Waals surface area contributed by atoms with E-state index in [1.54, 1.807) is 6.92 Å². The molecular weight excluding hydrogens is 343 g/mol. The zero-order chi connectivity index (χ0) is 18.9. The zero-order valence-electron chi connectivity index (χ0n) is 15.0. The van der Waals surface area contributed by atoms with Crippen LogP contribution in [0.3, 0.4) is 0 Å². The van der Waals surface area contributed by atoms with E-state index >= 15 is 0 Å². The molecule has 2 amide bonds. The summed E-state index contributed by atoms with van der Waals surface area (Å²) in [5.41, 5.74) is -1.15. The Morgan fingerprint density at radius 2 is 1.68 bits per heavy atom. The Labute approximate surface area is 168 Å². The van der Waals surface area contributed by atoms with Crippen molar-refractivity contribution in [2.45, 2.75) is 52.9 Å². The summed E-state index contributed by atoms with van der Waals surface area (Å²) < 4.78 is 0. The summed E-state index contributed by atoms with van der Waals surface area (Å²) in [5, 5.41) is 28.9. The maximum absolute atomic E-state index is 11.9. The van der Waals surface area contributed by atoms with Gasteiger partial charge in [0.15, 0.2) is 0 Å². The van der Waals surface area contributed by atoms with Crippen molar-refractivity contribution in [3.63, 3.8) is 0 Å². The summed E-state index contributed by atoms with van der Waals surface area (Å²) in [6.07, 6.45) is 1.43. The number of amides is 2. The minimum absolute atomic E-state index is 0. The number of aliphatic imine (C=N–C) groups is 1. The first-order valence-electron chi connectivity index (χ1n) is 7.66. The van der Waals surface area contributed by atoms with Crippen LogP contribution in [0.1, 0.15) is 52.9 Å². The van der Waals surface area contributed by atoms with Crippen LogP contribution in [0.15, 0.2) is 4.99 Å². The minimum Gasteiger partial charge on any atom is -0.846 e. The molecule has 0 aromatic carbocycles. The number of hydrogen-bond acceptors (Lipinski definition) is 5. The number of carboxylic acids is 2. The molecule has 1 aliphatic rings. The van der Waals surface area contributed by atoms with Gasteiger partial charge in [-0.15, -0.1) is 0 Å². The van der Waals surface area contributed by atoms with Crippen molar-refractivity contribution in [1.82, 2.24) is 5.32 Å². The molecule has 0 saturated carbocycles. The van der Waals surface area contributed by atoms with Crippen molar-refractivity contribution in [2.75, 3.05) is 0 Å². The molecule has 2 unspecified atom stereocenters. The van der Waals surface area contributed by atoms with Crippen molar-refractivity contribution in [2.24, 2.45) is 16.3 Å². The average Bonchev–Trinajstić information content (AvgIpc) is 2.46. The quantitative estimate of drug-likeness (QED) is 0.323. The predicted molar refractivity (Wildman–Crippen MR) is 81.9 cm³/mol. The maximum atomic E-state index is 11.9. The second kappa shape index (κ2) is 12.0. The van der Waals surface area contributed by atoms with E-state index in [1.165, 1.54) is 0 Å². The van der Waals surface area contributed by atoms with E-state index < -0.39 is 35.2 Å². The third-order valence-electron chi connectivity index (χ3n) is 3.88. The molecule has 1 heterocycles.